The first kappa shape index (κ1) is 27.3. The molecule has 0 atom stereocenters. The quantitative estimate of drug-likeness (QED) is 0.567. The van der Waals surface area contributed by atoms with E-state index < -0.39 is 22.1 Å². The monoisotopic (exact) mass is 492 g/mol. The predicted octanol–water partition coefficient (Wildman–Crippen LogP) is 4.45. The van der Waals surface area contributed by atoms with Crippen LogP contribution >= 0.6 is 0 Å². The topological polar surface area (TPSA) is 101 Å². The number of carbonyl (C=O) groups excluding carboxylic acids is 1. The molecule has 2 aromatic rings. The van der Waals surface area contributed by atoms with E-state index in [0.29, 0.717) is 11.3 Å². The second-order valence-corrected chi connectivity index (χ2v) is 10.2. The molecule has 0 unspecified atom stereocenters. The highest BCUT2D eigenvalue weighted by molar-refractivity contribution is 7.90. The lowest BCUT2D eigenvalue weighted by molar-refractivity contribution is 0.171. The van der Waals surface area contributed by atoms with Crippen LogP contribution in [0.1, 0.15) is 43.0 Å². The fraction of sp³-hybridized carbons (Fsp3) is 0.417. The summed E-state index contributed by atoms with van der Waals surface area (Å²) in [7, 11) is 0.567. The highest BCUT2D eigenvalue weighted by atomic mass is 32.2. The number of hydrogen-bond donors (Lipinski definition) is 2. The van der Waals surface area contributed by atoms with Crippen LogP contribution in [0.15, 0.2) is 30.0 Å². The third-order valence-corrected chi connectivity index (χ3v) is 6.52. The lowest BCUT2D eigenvalue weighted by atomic mass is 9.87. The van der Waals surface area contributed by atoms with Crippen molar-refractivity contribution in [3.63, 3.8) is 0 Å². The average Bonchev–Trinajstić information content (AvgIpc) is 2.75. The first-order valence-corrected chi connectivity index (χ1v) is 12.3. The van der Waals surface area contributed by atoms with Gasteiger partial charge in [0, 0.05) is 27.3 Å². The Kier molecular flexibility index (Phi) is 8.79. The Morgan fingerprint density at radius 1 is 1.21 bits per heavy atom. The second-order valence-electron chi connectivity index (χ2n) is 8.62. The first-order valence-electron chi connectivity index (χ1n) is 10.8. The van der Waals surface area contributed by atoms with Crippen molar-refractivity contribution >= 4 is 27.7 Å². The van der Waals surface area contributed by atoms with E-state index in [0.717, 1.165) is 27.8 Å². The largest absolute Gasteiger partial charge is 0.414 e. The molecule has 2 N–H and O–H groups in total. The Morgan fingerprint density at radius 2 is 1.85 bits per heavy atom. The van der Waals surface area contributed by atoms with Gasteiger partial charge < -0.3 is 9.64 Å². The predicted molar refractivity (Wildman–Crippen MR) is 133 cm³/mol. The van der Waals surface area contributed by atoms with Crippen molar-refractivity contribution in [2.75, 3.05) is 25.9 Å². The lowest BCUT2D eigenvalue weighted by Gasteiger charge is -2.20. The summed E-state index contributed by atoms with van der Waals surface area (Å²) in [4.78, 5) is 17.2. The number of nitrogens with one attached hydrogen (secondary N) is 2. The van der Waals surface area contributed by atoms with E-state index in [4.69, 9.17) is 4.74 Å². The van der Waals surface area contributed by atoms with Gasteiger partial charge in [0.25, 0.3) is 10.2 Å². The van der Waals surface area contributed by atoms with E-state index in [2.05, 4.69) is 14.4 Å². The van der Waals surface area contributed by atoms with E-state index in [9.17, 15) is 13.2 Å². The highest BCUT2D eigenvalue weighted by Gasteiger charge is 2.19. The van der Waals surface area contributed by atoms with Crippen LogP contribution in [-0.4, -0.2) is 45.5 Å². The van der Waals surface area contributed by atoms with Crippen LogP contribution in [0.2, 0.25) is 0 Å². The summed E-state index contributed by atoms with van der Waals surface area (Å²) >= 11 is 0. The van der Waals surface area contributed by atoms with Crippen molar-refractivity contribution in [3.8, 4) is 5.75 Å². The zero-order chi connectivity index (χ0) is 25.8. The van der Waals surface area contributed by atoms with Gasteiger partial charge in [-0.1, -0.05) is 19.4 Å². The molecule has 0 fully saturated rings. The molecule has 0 aliphatic carbocycles. The SMILES string of the molecule is CNS(=O)(=O)Nc1nccc(C/C(=C(\C)c2cc(C)c(OC(=O)N(C)C)cc2C)C(C)C)c1F. The summed E-state index contributed by atoms with van der Waals surface area (Å²) in [6.07, 6.45) is 1.20. The molecule has 0 saturated heterocycles. The fourth-order valence-electron chi connectivity index (χ4n) is 3.51. The number of amides is 1. The van der Waals surface area contributed by atoms with Gasteiger partial charge in [-0.15, -0.1) is 0 Å². The molecule has 1 heterocycles. The summed E-state index contributed by atoms with van der Waals surface area (Å²) in [6.45, 7) is 9.83. The molecule has 0 bridgehead atoms. The van der Waals surface area contributed by atoms with Crippen molar-refractivity contribution < 1.29 is 22.3 Å². The molecule has 0 radical (unpaired) electrons. The van der Waals surface area contributed by atoms with Gasteiger partial charge in [-0.2, -0.15) is 8.42 Å². The first-order chi connectivity index (χ1) is 15.8. The number of aromatic nitrogens is 1. The van der Waals surface area contributed by atoms with Gasteiger partial charge in [0.2, 0.25) is 0 Å². The van der Waals surface area contributed by atoms with Crippen LogP contribution < -0.4 is 14.2 Å². The Hall–Kier alpha value is -2.98. The minimum atomic E-state index is -3.90. The number of ether oxygens (including phenoxy) is 1. The highest BCUT2D eigenvalue weighted by Crippen LogP contribution is 2.33. The van der Waals surface area contributed by atoms with Gasteiger partial charge in [-0.3, -0.25) is 4.72 Å². The fourth-order valence-corrected chi connectivity index (χ4v) is 4.01. The molecule has 1 amide bonds. The Labute approximate surface area is 201 Å². The van der Waals surface area contributed by atoms with E-state index in [1.807, 2.05) is 46.8 Å². The maximum absolute atomic E-state index is 15.1. The van der Waals surface area contributed by atoms with E-state index in [1.165, 1.54) is 18.1 Å². The van der Waals surface area contributed by atoms with Gasteiger partial charge in [-0.25, -0.2) is 18.9 Å². The van der Waals surface area contributed by atoms with Crippen molar-refractivity contribution in [2.45, 2.75) is 41.0 Å². The zero-order valence-electron chi connectivity index (χ0n) is 20.9. The number of hydrogen-bond acceptors (Lipinski definition) is 5. The molecule has 34 heavy (non-hydrogen) atoms. The van der Waals surface area contributed by atoms with Crippen LogP contribution in [-0.2, 0) is 16.6 Å². The van der Waals surface area contributed by atoms with Gasteiger partial charge >= 0.3 is 6.09 Å². The van der Waals surface area contributed by atoms with Crippen molar-refractivity contribution in [1.29, 1.82) is 0 Å². The Balaban J connectivity index is 2.49. The number of allylic oxidation sites excluding steroid dienone is 2. The smallest absolute Gasteiger partial charge is 0.410 e. The molecule has 0 aliphatic heterocycles. The minimum absolute atomic E-state index is 0.0935. The maximum Gasteiger partial charge on any atom is 0.414 e. The minimum Gasteiger partial charge on any atom is -0.410 e. The van der Waals surface area contributed by atoms with Crippen LogP contribution in [0.4, 0.5) is 15.0 Å². The van der Waals surface area contributed by atoms with Gasteiger partial charge in [-0.05, 0) is 79.1 Å². The number of anilines is 1. The number of nitrogens with zero attached hydrogens (tertiary/aromatic N) is 2. The van der Waals surface area contributed by atoms with Crippen molar-refractivity contribution in [2.24, 2.45) is 5.92 Å². The maximum atomic E-state index is 15.1. The molecule has 0 spiro atoms. The van der Waals surface area contributed by atoms with Gasteiger partial charge in [0.05, 0.1) is 0 Å². The van der Waals surface area contributed by atoms with Crippen LogP contribution in [0.25, 0.3) is 5.57 Å². The summed E-state index contributed by atoms with van der Waals surface area (Å²) < 4.78 is 48.3. The van der Waals surface area contributed by atoms with E-state index in [1.54, 1.807) is 20.2 Å². The van der Waals surface area contributed by atoms with Gasteiger partial charge in [0.1, 0.15) is 5.75 Å². The number of halogens is 1. The third-order valence-electron chi connectivity index (χ3n) is 5.52. The standard InChI is InChI=1S/C24H33FN4O4S/c1-14(2)19(13-18-9-10-27-23(22(18)25)28-34(31,32)26-6)17(5)20-11-16(4)21(12-15(20)3)33-24(30)29(7)8/h9-12,14,26H,13H2,1-8H3,(H,27,28)/b19-17-. The molecule has 8 nitrogen and oxygen atoms in total. The number of benzene rings is 1. The lowest BCUT2D eigenvalue weighted by Crippen LogP contribution is -2.27. The zero-order valence-corrected chi connectivity index (χ0v) is 21.7. The van der Waals surface area contributed by atoms with Gasteiger partial charge in [0.15, 0.2) is 11.6 Å². The second kappa shape index (κ2) is 11.0. The normalized spacial score (nSPS) is 12.4. The molecule has 1 aromatic carbocycles. The van der Waals surface area contributed by atoms with Crippen LogP contribution in [0.3, 0.4) is 0 Å². The molecule has 186 valence electrons. The average molecular weight is 493 g/mol. The summed E-state index contributed by atoms with van der Waals surface area (Å²) in [6, 6.07) is 5.33. The van der Waals surface area contributed by atoms with Crippen molar-refractivity contribution in [1.82, 2.24) is 14.6 Å². The van der Waals surface area contributed by atoms with E-state index >= 15 is 4.39 Å². The molecule has 0 saturated carbocycles. The van der Waals surface area contributed by atoms with Crippen molar-refractivity contribution in [3.05, 3.63) is 58.0 Å². The third kappa shape index (κ3) is 6.54. The molecular formula is C24H33FN4O4S. The Morgan fingerprint density at radius 3 is 2.41 bits per heavy atom. The Bertz CT molecular complexity index is 1210. The molecule has 10 heteroatoms. The van der Waals surface area contributed by atoms with E-state index in [-0.39, 0.29) is 18.2 Å². The number of carbonyl (C=O) groups is 1. The molecule has 0 aliphatic rings. The van der Waals surface area contributed by atoms with Crippen LogP contribution in [0, 0.1) is 25.6 Å². The summed E-state index contributed by atoms with van der Waals surface area (Å²) in [5, 5.41) is 0. The number of rotatable bonds is 8. The number of aryl methyl sites for hydroxylation is 2. The molecular weight excluding hydrogens is 459 g/mol. The molecule has 2 rings (SSSR count). The number of pyridine rings is 1. The summed E-state index contributed by atoms with van der Waals surface area (Å²) in [5.41, 5.74) is 4.99. The summed E-state index contributed by atoms with van der Waals surface area (Å²) in [5.74, 6) is -0.491. The van der Waals surface area contributed by atoms with Crippen LogP contribution in [0.5, 0.6) is 5.75 Å². The molecule has 1 aromatic heterocycles.